The van der Waals surface area contributed by atoms with E-state index in [1.54, 1.807) is 7.11 Å². The van der Waals surface area contributed by atoms with Crippen molar-refractivity contribution >= 4 is 11.4 Å². The summed E-state index contributed by atoms with van der Waals surface area (Å²) in [5, 5.41) is 0. The Hall–Kier alpha value is -1.26. The molecule has 2 N–H and O–H groups in total. The standard InChI is InChI=1S/C14H23N3O/c1-18-12-11-16-7-2-8-17(10-9-16)14-5-3-13(15)4-6-14/h3-6H,2,7-12,15H2,1H3. The topological polar surface area (TPSA) is 41.7 Å². The number of ether oxygens (including phenoxy) is 1. The zero-order valence-electron chi connectivity index (χ0n) is 11.1. The fraction of sp³-hybridized carbons (Fsp3) is 0.571. The summed E-state index contributed by atoms with van der Waals surface area (Å²) in [6, 6.07) is 8.17. The molecule has 1 aliphatic rings. The lowest BCUT2D eigenvalue weighted by atomic mass is 10.2. The molecule has 1 heterocycles. The number of anilines is 2. The highest BCUT2D eigenvalue weighted by atomic mass is 16.5. The fourth-order valence-corrected chi connectivity index (χ4v) is 2.36. The van der Waals surface area contributed by atoms with Crippen molar-refractivity contribution in [3.63, 3.8) is 0 Å². The van der Waals surface area contributed by atoms with E-state index in [9.17, 15) is 0 Å². The van der Waals surface area contributed by atoms with Gasteiger partial charge < -0.3 is 15.4 Å². The van der Waals surface area contributed by atoms with Crippen molar-refractivity contribution in [3.8, 4) is 0 Å². The fourth-order valence-electron chi connectivity index (χ4n) is 2.36. The van der Waals surface area contributed by atoms with Gasteiger partial charge in [-0.05, 0) is 37.2 Å². The predicted octanol–water partition coefficient (Wildman–Crippen LogP) is 1.43. The molecule has 0 aliphatic carbocycles. The maximum Gasteiger partial charge on any atom is 0.0589 e. The van der Waals surface area contributed by atoms with Crippen LogP contribution in [0.5, 0.6) is 0 Å². The van der Waals surface area contributed by atoms with Crippen LogP contribution in [0.25, 0.3) is 0 Å². The zero-order chi connectivity index (χ0) is 12.8. The first-order chi connectivity index (χ1) is 8.79. The lowest BCUT2D eigenvalue weighted by molar-refractivity contribution is 0.152. The van der Waals surface area contributed by atoms with Gasteiger partial charge in [0.2, 0.25) is 0 Å². The van der Waals surface area contributed by atoms with Crippen LogP contribution < -0.4 is 10.6 Å². The molecule has 1 fully saturated rings. The highest BCUT2D eigenvalue weighted by Crippen LogP contribution is 2.18. The second-order valence-corrected chi connectivity index (χ2v) is 4.77. The third-order valence-corrected chi connectivity index (χ3v) is 3.46. The molecule has 0 radical (unpaired) electrons. The molecule has 0 spiro atoms. The quantitative estimate of drug-likeness (QED) is 0.820. The Balaban J connectivity index is 1.90. The number of methoxy groups -OCH3 is 1. The Kier molecular flexibility index (Phi) is 4.84. The van der Waals surface area contributed by atoms with E-state index in [1.807, 2.05) is 12.1 Å². The number of rotatable bonds is 4. The molecular weight excluding hydrogens is 226 g/mol. The van der Waals surface area contributed by atoms with Crippen LogP contribution in [0.3, 0.4) is 0 Å². The predicted molar refractivity (Wildman–Crippen MR) is 76.0 cm³/mol. The van der Waals surface area contributed by atoms with E-state index in [2.05, 4.69) is 21.9 Å². The summed E-state index contributed by atoms with van der Waals surface area (Å²) in [7, 11) is 1.76. The van der Waals surface area contributed by atoms with Crippen molar-refractivity contribution in [2.24, 2.45) is 0 Å². The van der Waals surface area contributed by atoms with E-state index in [4.69, 9.17) is 10.5 Å². The molecule has 2 rings (SSSR count). The molecule has 1 aromatic carbocycles. The van der Waals surface area contributed by atoms with Crippen molar-refractivity contribution in [1.82, 2.24) is 4.90 Å². The Labute approximate surface area is 109 Å². The van der Waals surface area contributed by atoms with Gasteiger partial charge in [0.25, 0.3) is 0 Å². The van der Waals surface area contributed by atoms with Crippen LogP contribution >= 0.6 is 0 Å². The Bertz CT molecular complexity index is 353. The Morgan fingerprint density at radius 2 is 1.89 bits per heavy atom. The molecule has 1 aliphatic heterocycles. The zero-order valence-corrected chi connectivity index (χ0v) is 11.1. The summed E-state index contributed by atoms with van der Waals surface area (Å²) in [5.41, 5.74) is 7.83. The average Bonchev–Trinajstić information content (AvgIpc) is 2.63. The number of nitrogens with two attached hydrogens (primary N) is 1. The van der Waals surface area contributed by atoms with E-state index < -0.39 is 0 Å². The van der Waals surface area contributed by atoms with Gasteiger partial charge in [0.05, 0.1) is 6.61 Å². The summed E-state index contributed by atoms with van der Waals surface area (Å²) in [6.07, 6.45) is 1.20. The third kappa shape index (κ3) is 3.62. The first kappa shape index (κ1) is 13.2. The van der Waals surface area contributed by atoms with Crippen molar-refractivity contribution in [1.29, 1.82) is 0 Å². The molecule has 18 heavy (non-hydrogen) atoms. The normalized spacial score (nSPS) is 17.7. The van der Waals surface area contributed by atoms with Crippen molar-refractivity contribution in [2.75, 3.05) is 57.1 Å². The molecule has 4 heteroatoms. The molecule has 4 nitrogen and oxygen atoms in total. The minimum Gasteiger partial charge on any atom is -0.399 e. The van der Waals surface area contributed by atoms with Gasteiger partial charge in [0.15, 0.2) is 0 Å². The second-order valence-electron chi connectivity index (χ2n) is 4.77. The minimum atomic E-state index is 0.821. The van der Waals surface area contributed by atoms with E-state index >= 15 is 0 Å². The molecule has 0 bridgehead atoms. The van der Waals surface area contributed by atoms with Crippen LogP contribution in [0.15, 0.2) is 24.3 Å². The Morgan fingerprint density at radius 3 is 2.61 bits per heavy atom. The van der Waals surface area contributed by atoms with E-state index in [1.165, 1.54) is 12.1 Å². The van der Waals surface area contributed by atoms with Gasteiger partial charge in [-0.15, -0.1) is 0 Å². The van der Waals surface area contributed by atoms with Gasteiger partial charge in [-0.25, -0.2) is 0 Å². The minimum absolute atomic E-state index is 0.821. The third-order valence-electron chi connectivity index (χ3n) is 3.46. The summed E-state index contributed by atoms with van der Waals surface area (Å²) in [6.45, 7) is 6.32. The van der Waals surface area contributed by atoms with Crippen molar-refractivity contribution in [2.45, 2.75) is 6.42 Å². The highest BCUT2D eigenvalue weighted by Gasteiger charge is 2.14. The molecule has 0 atom stereocenters. The maximum absolute atomic E-state index is 5.72. The SMILES string of the molecule is COCCN1CCCN(c2ccc(N)cc2)CC1. The van der Waals surface area contributed by atoms with Gasteiger partial charge >= 0.3 is 0 Å². The molecule has 0 amide bonds. The molecule has 1 saturated heterocycles. The largest absolute Gasteiger partial charge is 0.399 e. The number of benzene rings is 1. The first-order valence-corrected chi connectivity index (χ1v) is 6.61. The number of nitrogen functional groups attached to an aromatic ring is 1. The molecule has 0 saturated carbocycles. The van der Waals surface area contributed by atoms with Gasteiger partial charge in [-0.2, -0.15) is 0 Å². The summed E-state index contributed by atoms with van der Waals surface area (Å²) >= 11 is 0. The Morgan fingerprint density at radius 1 is 1.11 bits per heavy atom. The average molecular weight is 249 g/mol. The van der Waals surface area contributed by atoms with Crippen LogP contribution in [0.1, 0.15) is 6.42 Å². The summed E-state index contributed by atoms with van der Waals surface area (Å²) in [4.78, 5) is 4.91. The second kappa shape index (κ2) is 6.61. The van der Waals surface area contributed by atoms with Crippen molar-refractivity contribution < 1.29 is 4.74 Å². The van der Waals surface area contributed by atoms with Gasteiger partial charge in [-0.3, -0.25) is 4.90 Å². The molecule has 0 unspecified atom stereocenters. The molecule has 1 aromatic rings. The van der Waals surface area contributed by atoms with E-state index in [-0.39, 0.29) is 0 Å². The van der Waals surface area contributed by atoms with Crippen LogP contribution in [-0.4, -0.2) is 51.3 Å². The summed E-state index contributed by atoms with van der Waals surface area (Å²) in [5.74, 6) is 0. The highest BCUT2D eigenvalue weighted by molar-refractivity contribution is 5.53. The maximum atomic E-state index is 5.72. The number of hydrogen-bond donors (Lipinski definition) is 1. The smallest absolute Gasteiger partial charge is 0.0589 e. The van der Waals surface area contributed by atoms with Gasteiger partial charge in [0.1, 0.15) is 0 Å². The molecule has 0 aromatic heterocycles. The number of nitrogens with zero attached hydrogens (tertiary/aromatic N) is 2. The van der Waals surface area contributed by atoms with Crippen molar-refractivity contribution in [3.05, 3.63) is 24.3 Å². The van der Waals surface area contributed by atoms with E-state index in [0.717, 1.165) is 45.0 Å². The number of hydrogen-bond acceptors (Lipinski definition) is 4. The van der Waals surface area contributed by atoms with Crippen LogP contribution in [0, 0.1) is 0 Å². The lowest BCUT2D eigenvalue weighted by Gasteiger charge is -2.23. The first-order valence-electron chi connectivity index (χ1n) is 6.61. The monoisotopic (exact) mass is 249 g/mol. The van der Waals surface area contributed by atoms with Gasteiger partial charge in [-0.1, -0.05) is 0 Å². The van der Waals surface area contributed by atoms with Crippen LogP contribution in [-0.2, 0) is 4.74 Å². The summed E-state index contributed by atoms with van der Waals surface area (Å²) < 4.78 is 5.14. The molecular formula is C14H23N3O. The molecule has 100 valence electrons. The van der Waals surface area contributed by atoms with Gasteiger partial charge in [0, 0.05) is 44.7 Å². The lowest BCUT2D eigenvalue weighted by Crippen LogP contribution is -2.32. The van der Waals surface area contributed by atoms with Crippen LogP contribution in [0.4, 0.5) is 11.4 Å². The van der Waals surface area contributed by atoms with Crippen LogP contribution in [0.2, 0.25) is 0 Å². The van der Waals surface area contributed by atoms with E-state index in [0.29, 0.717) is 0 Å².